The molecule has 0 aliphatic carbocycles. The van der Waals surface area contributed by atoms with Gasteiger partial charge in [0, 0.05) is 24.0 Å². The third-order valence-corrected chi connectivity index (χ3v) is 5.19. The van der Waals surface area contributed by atoms with Gasteiger partial charge in [-0.15, -0.1) is 0 Å². The molecule has 34 heavy (non-hydrogen) atoms. The van der Waals surface area contributed by atoms with Gasteiger partial charge in [0.15, 0.2) is 6.61 Å². The maximum Gasteiger partial charge on any atom is 0.258 e. The lowest BCUT2D eigenvalue weighted by Gasteiger charge is -2.20. The van der Waals surface area contributed by atoms with Gasteiger partial charge in [-0.1, -0.05) is 26.0 Å². The highest BCUT2D eigenvalue weighted by Gasteiger charge is 2.22. The van der Waals surface area contributed by atoms with Crippen molar-refractivity contribution in [3.8, 4) is 5.75 Å². The molecule has 1 atom stereocenters. The minimum absolute atomic E-state index is 0.183. The van der Waals surface area contributed by atoms with E-state index in [0.717, 1.165) is 16.9 Å². The van der Waals surface area contributed by atoms with Crippen LogP contribution in [0.25, 0.3) is 0 Å². The summed E-state index contributed by atoms with van der Waals surface area (Å²) in [4.78, 5) is 33.9. The average Bonchev–Trinajstić information content (AvgIpc) is 2.81. The first-order valence-corrected chi connectivity index (χ1v) is 11.2. The molecular formula is C25H28N6O3. The molecular weight excluding hydrogens is 432 g/mol. The fourth-order valence-electron chi connectivity index (χ4n) is 3.58. The molecule has 0 saturated heterocycles. The van der Waals surface area contributed by atoms with Crippen LogP contribution in [0.15, 0.2) is 60.9 Å². The van der Waals surface area contributed by atoms with Crippen LogP contribution in [-0.4, -0.2) is 34.4 Å². The molecule has 9 heteroatoms. The number of ether oxygens (including phenoxy) is 1. The molecule has 1 aromatic heterocycles. The lowest BCUT2D eigenvalue weighted by molar-refractivity contribution is -0.130. The first-order valence-electron chi connectivity index (χ1n) is 11.2. The second kappa shape index (κ2) is 10.7. The van der Waals surface area contributed by atoms with Crippen molar-refractivity contribution in [3.63, 3.8) is 0 Å². The van der Waals surface area contributed by atoms with Gasteiger partial charge in [0.2, 0.25) is 5.91 Å². The summed E-state index contributed by atoms with van der Waals surface area (Å²) >= 11 is 0. The number of rotatable bonds is 2. The molecule has 4 N–H and O–H groups in total. The van der Waals surface area contributed by atoms with Crippen LogP contribution in [0.5, 0.6) is 5.75 Å². The number of hydrogen-bond donors (Lipinski definition) is 4. The zero-order valence-corrected chi connectivity index (χ0v) is 19.2. The number of hydrogen-bond acceptors (Lipinski definition) is 7. The third-order valence-electron chi connectivity index (χ3n) is 5.19. The van der Waals surface area contributed by atoms with Gasteiger partial charge >= 0.3 is 0 Å². The highest BCUT2D eigenvalue weighted by molar-refractivity contribution is 5.88. The van der Waals surface area contributed by atoms with E-state index in [-0.39, 0.29) is 24.3 Å². The number of aromatic nitrogens is 2. The molecule has 6 bridgehead atoms. The van der Waals surface area contributed by atoms with Crippen LogP contribution in [0.2, 0.25) is 0 Å². The maximum absolute atomic E-state index is 12.9. The van der Waals surface area contributed by atoms with E-state index in [4.69, 9.17) is 4.74 Å². The Labute approximate surface area is 198 Å². The van der Waals surface area contributed by atoms with E-state index in [2.05, 4.69) is 31.2 Å². The highest BCUT2D eigenvalue weighted by atomic mass is 16.5. The summed E-state index contributed by atoms with van der Waals surface area (Å²) in [5.74, 6) is 1.45. The summed E-state index contributed by atoms with van der Waals surface area (Å²) in [6, 6.07) is 16.0. The highest BCUT2D eigenvalue weighted by Crippen LogP contribution is 2.22. The lowest BCUT2D eigenvalue weighted by Crippen LogP contribution is -2.48. The number of nitrogens with one attached hydrogen (secondary N) is 4. The van der Waals surface area contributed by atoms with Gasteiger partial charge in [-0.3, -0.25) is 9.59 Å². The van der Waals surface area contributed by atoms with Crippen LogP contribution in [-0.2, 0) is 16.1 Å². The summed E-state index contributed by atoms with van der Waals surface area (Å²) in [5, 5.41) is 12.2. The topological polar surface area (TPSA) is 117 Å². The van der Waals surface area contributed by atoms with Crippen LogP contribution < -0.4 is 26.0 Å². The Morgan fingerprint density at radius 1 is 0.971 bits per heavy atom. The Hall–Kier alpha value is -4.14. The first-order chi connectivity index (χ1) is 16.4. The smallest absolute Gasteiger partial charge is 0.258 e. The largest absolute Gasteiger partial charge is 0.484 e. The first kappa shape index (κ1) is 23.0. The fraction of sp³-hybridized carbons (Fsp3) is 0.280. The number of nitrogens with zero attached hydrogens (tertiary/aromatic N) is 2. The average molecular weight is 461 g/mol. The van der Waals surface area contributed by atoms with Crippen LogP contribution in [0, 0.1) is 5.92 Å². The SMILES string of the molecule is CC(C)CC1NC(=O)COc2ccc(cc2)Nc2cc(ncn2)Nc2cccc(c2)CNC1=O. The molecule has 2 aliphatic rings. The van der Waals surface area contributed by atoms with Crippen molar-refractivity contribution < 1.29 is 14.3 Å². The van der Waals surface area contributed by atoms with Gasteiger partial charge in [0.05, 0.1) is 0 Å². The molecule has 5 rings (SSSR count). The summed E-state index contributed by atoms with van der Waals surface area (Å²) in [5.41, 5.74) is 2.56. The van der Waals surface area contributed by atoms with Crippen LogP contribution >= 0.6 is 0 Å². The Balaban J connectivity index is 1.60. The lowest BCUT2D eigenvalue weighted by atomic mass is 10.0. The number of fused-ring (bicyclic) bond motifs is 9. The molecule has 2 aliphatic heterocycles. The molecule has 9 nitrogen and oxygen atoms in total. The van der Waals surface area contributed by atoms with E-state index < -0.39 is 6.04 Å². The van der Waals surface area contributed by atoms with Crippen LogP contribution in [0.3, 0.4) is 0 Å². The molecule has 0 spiro atoms. The number of carbonyl (C=O) groups is 2. The minimum atomic E-state index is -0.644. The van der Waals surface area contributed by atoms with Gasteiger partial charge in [0.25, 0.3) is 5.91 Å². The van der Waals surface area contributed by atoms with E-state index >= 15 is 0 Å². The van der Waals surface area contributed by atoms with Gasteiger partial charge < -0.3 is 26.0 Å². The van der Waals surface area contributed by atoms with E-state index in [1.165, 1.54) is 6.33 Å². The van der Waals surface area contributed by atoms with Crippen molar-refractivity contribution >= 4 is 34.8 Å². The minimum Gasteiger partial charge on any atom is -0.484 e. The number of anilines is 4. The van der Waals surface area contributed by atoms with Crippen molar-refractivity contribution in [1.29, 1.82) is 0 Å². The quantitative estimate of drug-likeness (QED) is 0.432. The maximum atomic E-state index is 12.9. The predicted octanol–water partition coefficient (Wildman–Crippen LogP) is 3.50. The predicted molar refractivity (Wildman–Crippen MR) is 130 cm³/mol. The van der Waals surface area contributed by atoms with Gasteiger partial charge in [-0.2, -0.15) is 0 Å². The number of carbonyl (C=O) groups excluding carboxylic acids is 2. The Morgan fingerprint density at radius 2 is 1.71 bits per heavy atom. The van der Waals surface area contributed by atoms with Gasteiger partial charge in [-0.25, -0.2) is 9.97 Å². The second-order valence-corrected chi connectivity index (χ2v) is 8.52. The monoisotopic (exact) mass is 460 g/mol. The molecule has 0 fully saturated rings. The molecule has 3 aromatic rings. The molecule has 2 amide bonds. The summed E-state index contributed by atoms with van der Waals surface area (Å²) in [6.07, 6.45) is 2.00. The Morgan fingerprint density at radius 3 is 2.44 bits per heavy atom. The Kier molecular flexibility index (Phi) is 7.22. The molecule has 0 saturated carbocycles. The summed E-state index contributed by atoms with van der Waals surface area (Å²) in [6.45, 7) is 4.17. The molecule has 176 valence electrons. The Bertz CT molecular complexity index is 1150. The van der Waals surface area contributed by atoms with Gasteiger partial charge in [0.1, 0.15) is 29.8 Å². The fourth-order valence-corrected chi connectivity index (χ4v) is 3.58. The van der Waals surface area contributed by atoms with Crippen molar-refractivity contribution in [2.45, 2.75) is 32.9 Å². The molecule has 2 aromatic carbocycles. The zero-order chi connectivity index (χ0) is 23.9. The van der Waals surface area contributed by atoms with Gasteiger partial charge in [-0.05, 0) is 54.3 Å². The second-order valence-electron chi connectivity index (χ2n) is 8.52. The summed E-state index contributed by atoms with van der Waals surface area (Å²) in [7, 11) is 0. The van der Waals surface area contributed by atoms with E-state index in [1.807, 2.05) is 50.2 Å². The van der Waals surface area contributed by atoms with E-state index in [1.54, 1.807) is 18.2 Å². The van der Waals surface area contributed by atoms with E-state index in [9.17, 15) is 9.59 Å². The van der Waals surface area contributed by atoms with E-state index in [0.29, 0.717) is 30.4 Å². The van der Waals surface area contributed by atoms with Crippen molar-refractivity contribution in [3.05, 3.63) is 66.5 Å². The van der Waals surface area contributed by atoms with Crippen molar-refractivity contribution in [2.75, 3.05) is 17.2 Å². The molecule has 0 radical (unpaired) electrons. The molecule has 3 heterocycles. The zero-order valence-electron chi connectivity index (χ0n) is 19.2. The van der Waals surface area contributed by atoms with Crippen molar-refractivity contribution in [1.82, 2.24) is 20.6 Å². The van der Waals surface area contributed by atoms with Crippen LogP contribution in [0.1, 0.15) is 25.8 Å². The number of amides is 2. The van der Waals surface area contributed by atoms with Crippen molar-refractivity contribution in [2.24, 2.45) is 5.92 Å². The normalized spacial score (nSPS) is 16.5. The number of benzene rings is 2. The summed E-state index contributed by atoms with van der Waals surface area (Å²) < 4.78 is 5.61. The standard InChI is InChI=1S/C25H28N6O3/c1-16(2)10-21-25(33)26-13-17-4-3-5-19(11-17)30-23-12-22(27-15-28-23)29-18-6-8-20(9-7-18)34-14-24(32)31-21/h3-9,11-12,15-16,21H,10,13-14H2,1-2H3,(H,26,33)(H,31,32)(H2,27,28,29,30). The third kappa shape index (κ3) is 6.44. The van der Waals surface area contributed by atoms with Crippen LogP contribution in [0.4, 0.5) is 23.0 Å². The molecule has 1 unspecified atom stereocenters.